The first-order chi connectivity index (χ1) is 10.8. The van der Waals surface area contributed by atoms with E-state index in [0.717, 1.165) is 10.7 Å². The highest BCUT2D eigenvalue weighted by Gasteiger charge is 2.33. The summed E-state index contributed by atoms with van der Waals surface area (Å²) in [4.78, 5) is 12.1. The number of nitrogens with zero attached hydrogens (tertiary/aromatic N) is 2. The minimum atomic E-state index is -4.48. The van der Waals surface area contributed by atoms with E-state index in [4.69, 9.17) is 16.3 Å². The van der Waals surface area contributed by atoms with Gasteiger partial charge in [-0.15, -0.1) is 0 Å². The summed E-state index contributed by atoms with van der Waals surface area (Å²) in [5, 5.41) is 6.34. The molecule has 0 bridgehead atoms. The Morgan fingerprint density at radius 3 is 2.74 bits per heavy atom. The van der Waals surface area contributed by atoms with Crippen molar-refractivity contribution in [2.24, 2.45) is 0 Å². The molecule has 0 radical (unpaired) electrons. The van der Waals surface area contributed by atoms with Crippen molar-refractivity contribution in [3.8, 4) is 5.75 Å². The number of nitrogens with one attached hydrogen (secondary N) is 1. The first-order valence-electron chi connectivity index (χ1n) is 6.53. The van der Waals surface area contributed by atoms with Crippen molar-refractivity contribution in [1.82, 2.24) is 15.1 Å². The molecule has 2 rings (SSSR count). The quantitative estimate of drug-likeness (QED) is 0.904. The summed E-state index contributed by atoms with van der Waals surface area (Å²) in [5.74, 6) is -0.0853. The number of methoxy groups -OCH3 is 1. The minimum Gasteiger partial charge on any atom is -0.496 e. The molecule has 23 heavy (non-hydrogen) atoms. The molecule has 0 saturated heterocycles. The van der Waals surface area contributed by atoms with Gasteiger partial charge in [-0.25, -0.2) is 0 Å². The summed E-state index contributed by atoms with van der Waals surface area (Å²) in [6, 6.07) is 5.47. The van der Waals surface area contributed by atoms with Gasteiger partial charge in [0.1, 0.15) is 5.75 Å². The lowest BCUT2D eigenvalue weighted by atomic mass is 10.2. The van der Waals surface area contributed by atoms with Crippen molar-refractivity contribution in [2.45, 2.75) is 12.7 Å². The van der Waals surface area contributed by atoms with Gasteiger partial charge in [-0.05, 0) is 24.3 Å². The molecule has 0 unspecified atom stereocenters. The zero-order chi connectivity index (χ0) is 17.0. The topological polar surface area (TPSA) is 56.1 Å². The van der Waals surface area contributed by atoms with Crippen LogP contribution in [0.4, 0.5) is 13.2 Å². The van der Waals surface area contributed by atoms with Crippen LogP contribution in [-0.2, 0) is 12.7 Å². The van der Waals surface area contributed by atoms with Gasteiger partial charge in [0, 0.05) is 17.8 Å². The van der Waals surface area contributed by atoms with Crippen molar-refractivity contribution in [3.63, 3.8) is 0 Å². The van der Waals surface area contributed by atoms with Crippen molar-refractivity contribution >= 4 is 17.5 Å². The number of carbonyl (C=O) groups excluding carboxylic acids is 1. The standard InChI is InChI=1S/C14H13ClF3N3O2/c1-23-11-3-2-9(15)8-10(11)13(22)19-5-7-21-6-4-12(20-21)14(16,17)18/h2-4,6,8H,5,7H2,1H3,(H,19,22). The predicted octanol–water partition coefficient (Wildman–Crippen LogP) is 2.99. The Morgan fingerprint density at radius 1 is 1.39 bits per heavy atom. The molecule has 1 aromatic heterocycles. The first-order valence-corrected chi connectivity index (χ1v) is 6.91. The van der Waals surface area contributed by atoms with Crippen LogP contribution in [0.25, 0.3) is 0 Å². The van der Waals surface area contributed by atoms with E-state index in [-0.39, 0.29) is 18.7 Å². The third-order valence-corrected chi connectivity index (χ3v) is 3.20. The van der Waals surface area contributed by atoms with Gasteiger partial charge >= 0.3 is 6.18 Å². The maximum absolute atomic E-state index is 12.4. The lowest BCUT2D eigenvalue weighted by molar-refractivity contribution is -0.141. The van der Waals surface area contributed by atoms with Gasteiger partial charge < -0.3 is 10.1 Å². The largest absolute Gasteiger partial charge is 0.496 e. The van der Waals surface area contributed by atoms with E-state index < -0.39 is 17.8 Å². The minimum absolute atomic E-state index is 0.102. The molecule has 0 aliphatic rings. The van der Waals surface area contributed by atoms with Crippen LogP contribution in [0.15, 0.2) is 30.5 Å². The molecule has 0 saturated carbocycles. The van der Waals surface area contributed by atoms with Gasteiger partial charge in [-0.2, -0.15) is 18.3 Å². The van der Waals surface area contributed by atoms with Gasteiger partial charge in [0.25, 0.3) is 5.91 Å². The Labute approximate surface area is 135 Å². The molecule has 1 aromatic carbocycles. The highest BCUT2D eigenvalue weighted by atomic mass is 35.5. The van der Waals surface area contributed by atoms with Crippen LogP contribution in [0.1, 0.15) is 16.1 Å². The Balaban J connectivity index is 1.95. The fourth-order valence-electron chi connectivity index (χ4n) is 1.87. The summed E-state index contributed by atoms with van der Waals surface area (Å²) in [5.41, 5.74) is -0.725. The van der Waals surface area contributed by atoms with Gasteiger partial charge in [0.05, 0.1) is 19.2 Å². The van der Waals surface area contributed by atoms with Crippen molar-refractivity contribution < 1.29 is 22.7 Å². The van der Waals surface area contributed by atoms with Crippen molar-refractivity contribution in [2.75, 3.05) is 13.7 Å². The smallest absolute Gasteiger partial charge is 0.435 e. The maximum atomic E-state index is 12.4. The molecule has 0 aliphatic heterocycles. The molecule has 0 spiro atoms. The Hall–Kier alpha value is -2.22. The lowest BCUT2D eigenvalue weighted by Gasteiger charge is -2.10. The van der Waals surface area contributed by atoms with Crippen LogP contribution < -0.4 is 10.1 Å². The lowest BCUT2D eigenvalue weighted by Crippen LogP contribution is -2.27. The Kier molecular flexibility index (Phi) is 5.15. The predicted molar refractivity (Wildman–Crippen MR) is 77.6 cm³/mol. The van der Waals surface area contributed by atoms with Gasteiger partial charge in [0.15, 0.2) is 5.69 Å². The molecule has 1 N–H and O–H groups in total. The number of hydrogen-bond donors (Lipinski definition) is 1. The summed E-state index contributed by atoms with van der Waals surface area (Å²) in [6.07, 6.45) is -3.28. The number of carbonyl (C=O) groups is 1. The van der Waals surface area contributed by atoms with Gasteiger partial charge in [-0.3, -0.25) is 9.48 Å². The Morgan fingerprint density at radius 2 is 2.13 bits per heavy atom. The molecule has 5 nitrogen and oxygen atoms in total. The number of aromatic nitrogens is 2. The van der Waals surface area contributed by atoms with Gasteiger partial charge in [0.2, 0.25) is 0 Å². The number of amides is 1. The number of hydrogen-bond acceptors (Lipinski definition) is 3. The normalized spacial score (nSPS) is 11.3. The SMILES string of the molecule is COc1ccc(Cl)cc1C(=O)NCCn1ccc(C(F)(F)F)n1. The third kappa shape index (κ3) is 4.38. The highest BCUT2D eigenvalue weighted by molar-refractivity contribution is 6.31. The second kappa shape index (κ2) is 6.91. The number of alkyl halides is 3. The molecule has 0 fully saturated rings. The fourth-order valence-corrected chi connectivity index (χ4v) is 2.05. The summed E-state index contributed by atoms with van der Waals surface area (Å²) < 4.78 is 43.4. The van der Waals surface area contributed by atoms with E-state index in [2.05, 4.69) is 10.4 Å². The van der Waals surface area contributed by atoms with E-state index in [1.165, 1.54) is 19.4 Å². The summed E-state index contributed by atoms with van der Waals surface area (Å²) >= 11 is 5.84. The molecule has 124 valence electrons. The second-order valence-electron chi connectivity index (χ2n) is 4.56. The van der Waals surface area contributed by atoms with Crippen LogP contribution in [0.2, 0.25) is 5.02 Å². The second-order valence-corrected chi connectivity index (χ2v) is 5.00. The monoisotopic (exact) mass is 347 g/mol. The van der Waals surface area contributed by atoms with E-state index in [1.54, 1.807) is 12.1 Å². The number of rotatable bonds is 5. The molecule has 0 aliphatic carbocycles. The van der Waals surface area contributed by atoms with Crippen LogP contribution in [-0.4, -0.2) is 29.3 Å². The fraction of sp³-hybridized carbons (Fsp3) is 0.286. The maximum Gasteiger partial charge on any atom is 0.435 e. The molecule has 1 amide bonds. The molecule has 9 heteroatoms. The average molecular weight is 348 g/mol. The third-order valence-electron chi connectivity index (χ3n) is 2.96. The first kappa shape index (κ1) is 17.1. The zero-order valence-electron chi connectivity index (χ0n) is 12.0. The van der Waals surface area contributed by atoms with Crippen LogP contribution in [0.3, 0.4) is 0 Å². The molecule has 1 heterocycles. The summed E-state index contributed by atoms with van der Waals surface area (Å²) in [6.45, 7) is 0.207. The van der Waals surface area contributed by atoms with Gasteiger partial charge in [-0.1, -0.05) is 11.6 Å². The summed E-state index contributed by atoms with van der Waals surface area (Å²) in [7, 11) is 1.42. The molecular formula is C14H13ClF3N3O2. The molecular weight excluding hydrogens is 335 g/mol. The van der Waals surface area contributed by atoms with E-state index in [9.17, 15) is 18.0 Å². The number of halogens is 4. The van der Waals surface area contributed by atoms with Crippen LogP contribution in [0, 0.1) is 0 Å². The highest BCUT2D eigenvalue weighted by Crippen LogP contribution is 2.27. The molecule has 2 aromatic rings. The van der Waals surface area contributed by atoms with E-state index >= 15 is 0 Å². The van der Waals surface area contributed by atoms with E-state index in [1.807, 2.05) is 0 Å². The van der Waals surface area contributed by atoms with Crippen molar-refractivity contribution in [1.29, 1.82) is 0 Å². The number of ether oxygens (including phenoxy) is 1. The van der Waals surface area contributed by atoms with Crippen LogP contribution >= 0.6 is 11.6 Å². The number of benzene rings is 1. The molecule has 0 atom stereocenters. The van der Waals surface area contributed by atoms with Crippen molar-refractivity contribution in [3.05, 3.63) is 46.7 Å². The zero-order valence-corrected chi connectivity index (χ0v) is 12.8. The average Bonchev–Trinajstić information content (AvgIpc) is 2.96. The Bertz CT molecular complexity index is 701. The van der Waals surface area contributed by atoms with E-state index in [0.29, 0.717) is 10.8 Å². The van der Waals surface area contributed by atoms with Crippen LogP contribution in [0.5, 0.6) is 5.75 Å².